The molecule has 1 fully saturated rings. The minimum absolute atomic E-state index is 0.00250. The van der Waals surface area contributed by atoms with Gasteiger partial charge in [0.25, 0.3) is 5.91 Å². The average molecular weight is 270 g/mol. The van der Waals surface area contributed by atoms with E-state index in [4.69, 9.17) is 0 Å². The molecule has 2 aromatic rings. The Hall–Kier alpha value is -2.17. The van der Waals surface area contributed by atoms with Crippen molar-refractivity contribution in [3.63, 3.8) is 0 Å². The fourth-order valence-electron chi connectivity index (χ4n) is 2.39. The Bertz CT molecular complexity index is 630. The standard InChI is InChI=1S/C15H18N4O/c1-10-4-3-5-12(17-10)14(11-6-7-11)18-15(20)13-8-16-9-19(13)2/h3-5,8-9,11,14H,6-7H2,1-2H3,(H,18,20)/t14-/m1/s1. The number of hydrogen-bond donors (Lipinski definition) is 1. The number of carbonyl (C=O) groups is 1. The molecule has 0 bridgehead atoms. The number of nitrogens with one attached hydrogen (secondary N) is 1. The Balaban J connectivity index is 1.82. The lowest BCUT2D eigenvalue weighted by Crippen LogP contribution is -2.31. The minimum atomic E-state index is -0.0924. The SMILES string of the molecule is Cc1cccc([C@H](NC(=O)c2cncn2C)C2CC2)n1. The highest BCUT2D eigenvalue weighted by Gasteiger charge is 2.34. The molecule has 20 heavy (non-hydrogen) atoms. The Labute approximate surface area is 118 Å². The molecule has 0 spiro atoms. The monoisotopic (exact) mass is 270 g/mol. The van der Waals surface area contributed by atoms with E-state index in [-0.39, 0.29) is 11.9 Å². The Morgan fingerprint density at radius 3 is 2.85 bits per heavy atom. The van der Waals surface area contributed by atoms with Crippen LogP contribution >= 0.6 is 0 Å². The Morgan fingerprint density at radius 1 is 1.45 bits per heavy atom. The van der Waals surface area contributed by atoms with Gasteiger partial charge in [0.2, 0.25) is 0 Å². The van der Waals surface area contributed by atoms with Gasteiger partial charge in [-0.05, 0) is 37.8 Å². The summed E-state index contributed by atoms with van der Waals surface area (Å²) in [5.74, 6) is 0.409. The predicted molar refractivity (Wildman–Crippen MR) is 75.1 cm³/mol. The number of carbonyl (C=O) groups excluding carboxylic acids is 1. The molecular weight excluding hydrogens is 252 g/mol. The number of aromatic nitrogens is 3. The highest BCUT2D eigenvalue weighted by Crippen LogP contribution is 2.40. The van der Waals surface area contributed by atoms with E-state index >= 15 is 0 Å². The van der Waals surface area contributed by atoms with E-state index in [1.165, 1.54) is 0 Å². The lowest BCUT2D eigenvalue weighted by molar-refractivity contribution is 0.0922. The first kappa shape index (κ1) is 12.8. The van der Waals surface area contributed by atoms with Crippen LogP contribution in [0.4, 0.5) is 0 Å². The number of rotatable bonds is 4. The molecule has 0 radical (unpaired) electrons. The summed E-state index contributed by atoms with van der Waals surface area (Å²) >= 11 is 0. The lowest BCUT2D eigenvalue weighted by Gasteiger charge is -2.18. The minimum Gasteiger partial charge on any atom is -0.342 e. The van der Waals surface area contributed by atoms with Crippen LogP contribution in [0.5, 0.6) is 0 Å². The van der Waals surface area contributed by atoms with E-state index in [0.29, 0.717) is 11.6 Å². The highest BCUT2D eigenvalue weighted by atomic mass is 16.2. The molecule has 0 unspecified atom stereocenters. The van der Waals surface area contributed by atoms with Gasteiger partial charge < -0.3 is 9.88 Å². The molecule has 1 aliphatic carbocycles. The van der Waals surface area contributed by atoms with Crippen molar-refractivity contribution < 1.29 is 4.79 Å². The third-order valence-electron chi connectivity index (χ3n) is 3.66. The second kappa shape index (κ2) is 5.07. The van der Waals surface area contributed by atoms with Crippen LogP contribution in [-0.2, 0) is 7.05 Å². The summed E-state index contributed by atoms with van der Waals surface area (Å²) < 4.78 is 1.73. The summed E-state index contributed by atoms with van der Waals surface area (Å²) in [5.41, 5.74) is 2.49. The molecule has 2 heterocycles. The molecule has 1 saturated carbocycles. The van der Waals surface area contributed by atoms with Crippen LogP contribution in [0.15, 0.2) is 30.7 Å². The third-order valence-corrected chi connectivity index (χ3v) is 3.66. The van der Waals surface area contributed by atoms with E-state index in [2.05, 4.69) is 15.3 Å². The van der Waals surface area contributed by atoms with Crippen LogP contribution < -0.4 is 5.32 Å². The first-order valence-electron chi connectivity index (χ1n) is 6.86. The summed E-state index contributed by atoms with van der Waals surface area (Å²) in [4.78, 5) is 20.9. The molecular formula is C15H18N4O. The maximum absolute atomic E-state index is 12.3. The van der Waals surface area contributed by atoms with E-state index in [9.17, 15) is 4.79 Å². The molecule has 5 heteroatoms. The van der Waals surface area contributed by atoms with E-state index in [1.807, 2.05) is 32.2 Å². The molecule has 3 rings (SSSR count). The molecule has 1 atom stereocenters. The van der Waals surface area contributed by atoms with Gasteiger partial charge in [0.05, 0.1) is 24.3 Å². The van der Waals surface area contributed by atoms with Gasteiger partial charge in [0.15, 0.2) is 0 Å². The number of hydrogen-bond acceptors (Lipinski definition) is 3. The van der Waals surface area contributed by atoms with Gasteiger partial charge in [-0.3, -0.25) is 9.78 Å². The molecule has 0 aliphatic heterocycles. The predicted octanol–water partition coefficient (Wildman–Crippen LogP) is 2.00. The number of aryl methyl sites for hydroxylation is 2. The van der Waals surface area contributed by atoms with Gasteiger partial charge in [0.1, 0.15) is 5.69 Å². The third kappa shape index (κ3) is 2.57. The molecule has 1 amide bonds. The largest absolute Gasteiger partial charge is 0.342 e. The molecule has 5 nitrogen and oxygen atoms in total. The topological polar surface area (TPSA) is 59.8 Å². The quantitative estimate of drug-likeness (QED) is 0.924. The zero-order valence-electron chi connectivity index (χ0n) is 11.7. The van der Waals surface area contributed by atoms with Crippen LogP contribution in [0, 0.1) is 12.8 Å². The van der Waals surface area contributed by atoms with Crippen LogP contribution in [-0.4, -0.2) is 20.4 Å². The van der Waals surface area contributed by atoms with Gasteiger partial charge in [-0.1, -0.05) is 6.07 Å². The smallest absolute Gasteiger partial charge is 0.270 e. The van der Waals surface area contributed by atoms with Gasteiger partial charge >= 0.3 is 0 Å². The lowest BCUT2D eigenvalue weighted by atomic mass is 10.1. The van der Waals surface area contributed by atoms with Crippen LogP contribution in [0.3, 0.4) is 0 Å². The van der Waals surface area contributed by atoms with E-state index < -0.39 is 0 Å². The Morgan fingerprint density at radius 2 is 2.25 bits per heavy atom. The van der Waals surface area contributed by atoms with Crippen LogP contribution in [0.25, 0.3) is 0 Å². The second-order valence-corrected chi connectivity index (χ2v) is 5.38. The van der Waals surface area contributed by atoms with Crippen molar-refractivity contribution in [2.75, 3.05) is 0 Å². The zero-order valence-corrected chi connectivity index (χ0v) is 11.7. The van der Waals surface area contributed by atoms with Crippen molar-refractivity contribution in [3.8, 4) is 0 Å². The fourth-order valence-corrected chi connectivity index (χ4v) is 2.39. The van der Waals surface area contributed by atoms with Crippen molar-refractivity contribution >= 4 is 5.91 Å². The summed E-state index contributed by atoms with van der Waals surface area (Å²) in [5, 5.41) is 3.10. The summed E-state index contributed by atoms with van der Waals surface area (Å²) in [7, 11) is 1.82. The van der Waals surface area contributed by atoms with Gasteiger partial charge in [0, 0.05) is 12.7 Å². The normalized spacial score (nSPS) is 15.9. The van der Waals surface area contributed by atoms with Gasteiger partial charge in [-0.2, -0.15) is 0 Å². The number of pyridine rings is 1. The summed E-state index contributed by atoms with van der Waals surface area (Å²) in [6.45, 7) is 1.97. The van der Waals surface area contributed by atoms with E-state index in [0.717, 1.165) is 24.2 Å². The van der Waals surface area contributed by atoms with Crippen molar-refractivity contribution in [2.24, 2.45) is 13.0 Å². The summed E-state index contributed by atoms with van der Waals surface area (Å²) in [6, 6.07) is 5.94. The highest BCUT2D eigenvalue weighted by molar-refractivity contribution is 5.92. The first-order valence-corrected chi connectivity index (χ1v) is 6.86. The fraction of sp³-hybridized carbons (Fsp3) is 0.400. The molecule has 104 valence electrons. The maximum atomic E-state index is 12.3. The molecule has 0 saturated heterocycles. The summed E-state index contributed by atoms with van der Waals surface area (Å²) in [6.07, 6.45) is 5.51. The van der Waals surface area contributed by atoms with Crippen LogP contribution in [0.1, 0.15) is 40.8 Å². The molecule has 1 aliphatic rings. The average Bonchev–Trinajstić information content (AvgIpc) is 3.17. The van der Waals surface area contributed by atoms with Crippen molar-refractivity contribution in [3.05, 3.63) is 47.8 Å². The zero-order chi connectivity index (χ0) is 14.1. The van der Waals surface area contributed by atoms with Crippen molar-refractivity contribution in [2.45, 2.75) is 25.8 Å². The van der Waals surface area contributed by atoms with Crippen molar-refractivity contribution in [1.82, 2.24) is 19.9 Å². The number of nitrogens with zero attached hydrogens (tertiary/aromatic N) is 3. The van der Waals surface area contributed by atoms with Crippen molar-refractivity contribution in [1.29, 1.82) is 0 Å². The molecule has 0 aromatic carbocycles. The van der Waals surface area contributed by atoms with Gasteiger partial charge in [-0.15, -0.1) is 0 Å². The Kier molecular flexibility index (Phi) is 3.26. The van der Waals surface area contributed by atoms with E-state index in [1.54, 1.807) is 17.1 Å². The first-order chi connectivity index (χ1) is 9.65. The number of amides is 1. The van der Waals surface area contributed by atoms with Crippen LogP contribution in [0.2, 0.25) is 0 Å². The maximum Gasteiger partial charge on any atom is 0.270 e. The second-order valence-electron chi connectivity index (χ2n) is 5.38. The number of imidazole rings is 1. The van der Waals surface area contributed by atoms with Gasteiger partial charge in [-0.25, -0.2) is 4.98 Å². The molecule has 1 N–H and O–H groups in total. The molecule has 2 aromatic heterocycles.